The van der Waals surface area contributed by atoms with Crippen molar-refractivity contribution in [2.75, 3.05) is 12.3 Å². The molecule has 0 aromatic carbocycles. The molecule has 0 aliphatic rings. The minimum Gasteiger partial charge on any atom is -0.396 e. The molecule has 58 valence electrons. The van der Waals surface area contributed by atoms with Gasteiger partial charge in [-0.3, -0.25) is 0 Å². The van der Waals surface area contributed by atoms with E-state index in [0.29, 0.717) is 11.6 Å². The van der Waals surface area contributed by atoms with Crippen LogP contribution in [0.5, 0.6) is 0 Å². The lowest BCUT2D eigenvalue weighted by Crippen LogP contribution is -1.91. The van der Waals surface area contributed by atoms with E-state index in [1.165, 1.54) is 11.3 Å². The van der Waals surface area contributed by atoms with Crippen molar-refractivity contribution in [3.63, 3.8) is 0 Å². The third-order valence-corrected chi connectivity index (χ3v) is 1.66. The topological polar surface area (TPSA) is 59.1 Å². The summed E-state index contributed by atoms with van der Waals surface area (Å²) in [4.78, 5) is 3.94. The van der Waals surface area contributed by atoms with Gasteiger partial charge in [0.15, 0.2) is 5.13 Å². The lowest BCUT2D eigenvalue weighted by atomic mass is 10.4. The number of rotatable bonds is 2. The number of nitrogens with zero attached hydrogens (tertiary/aromatic N) is 1. The zero-order valence-corrected chi connectivity index (χ0v) is 6.91. The van der Waals surface area contributed by atoms with Crippen LogP contribution in [-0.4, -0.2) is 16.7 Å². The molecule has 0 bridgehead atoms. The van der Waals surface area contributed by atoms with Crippen molar-refractivity contribution in [3.05, 3.63) is 11.1 Å². The predicted molar refractivity (Wildman–Crippen MR) is 44.6 cm³/mol. The van der Waals surface area contributed by atoms with Gasteiger partial charge in [-0.2, -0.15) is 0 Å². The third-order valence-electron chi connectivity index (χ3n) is 0.937. The number of nitrogens with two attached hydrogens (primary N) is 1. The number of hydrogen-bond acceptors (Lipinski definition) is 4. The van der Waals surface area contributed by atoms with Crippen LogP contribution >= 0.6 is 23.7 Å². The van der Waals surface area contributed by atoms with Crippen molar-refractivity contribution >= 4 is 28.9 Å². The summed E-state index contributed by atoms with van der Waals surface area (Å²) in [5, 5.41) is 10.9. The molecule has 1 heterocycles. The number of hydrogen-bond donors (Lipinski definition) is 2. The molecule has 3 nitrogen and oxygen atoms in total. The summed E-state index contributed by atoms with van der Waals surface area (Å²) < 4.78 is 0. The molecule has 0 unspecified atom stereocenters. The fraction of sp³-hybridized carbons (Fsp3) is 0.400. The summed E-state index contributed by atoms with van der Waals surface area (Å²) in [7, 11) is 0. The van der Waals surface area contributed by atoms with Crippen LogP contribution in [0.15, 0.2) is 5.38 Å². The van der Waals surface area contributed by atoms with Crippen molar-refractivity contribution in [1.82, 2.24) is 4.98 Å². The third kappa shape index (κ3) is 2.51. The van der Waals surface area contributed by atoms with E-state index in [0.717, 1.165) is 5.69 Å². The first-order chi connectivity index (χ1) is 4.33. The van der Waals surface area contributed by atoms with Gasteiger partial charge in [-0.25, -0.2) is 4.98 Å². The second-order valence-electron chi connectivity index (χ2n) is 1.65. The van der Waals surface area contributed by atoms with E-state index in [1.807, 2.05) is 5.38 Å². The molecule has 0 saturated heterocycles. The minimum atomic E-state index is 0. The average molecular weight is 181 g/mol. The van der Waals surface area contributed by atoms with Crippen molar-refractivity contribution < 1.29 is 5.11 Å². The van der Waals surface area contributed by atoms with Crippen molar-refractivity contribution in [2.24, 2.45) is 0 Å². The number of aliphatic hydroxyl groups excluding tert-OH is 1. The summed E-state index contributed by atoms with van der Waals surface area (Å²) >= 11 is 1.40. The van der Waals surface area contributed by atoms with Crippen LogP contribution in [-0.2, 0) is 6.42 Å². The van der Waals surface area contributed by atoms with Gasteiger partial charge >= 0.3 is 0 Å². The zero-order chi connectivity index (χ0) is 6.69. The summed E-state index contributed by atoms with van der Waals surface area (Å²) in [6.07, 6.45) is 0.605. The lowest BCUT2D eigenvalue weighted by Gasteiger charge is -1.85. The van der Waals surface area contributed by atoms with E-state index in [2.05, 4.69) is 4.98 Å². The van der Waals surface area contributed by atoms with Crippen LogP contribution in [0.1, 0.15) is 5.69 Å². The van der Waals surface area contributed by atoms with Crippen molar-refractivity contribution in [2.45, 2.75) is 6.42 Å². The first kappa shape index (κ1) is 9.68. The SMILES string of the molecule is Cl.Nc1nc(CCO)cs1. The molecule has 3 N–H and O–H groups in total. The Labute approximate surface area is 69.3 Å². The molecule has 0 aliphatic heterocycles. The highest BCUT2D eigenvalue weighted by molar-refractivity contribution is 7.13. The highest BCUT2D eigenvalue weighted by atomic mass is 35.5. The molecule has 0 fully saturated rings. The van der Waals surface area contributed by atoms with Gasteiger partial charge in [-0.1, -0.05) is 0 Å². The maximum absolute atomic E-state index is 8.45. The van der Waals surface area contributed by atoms with E-state index in [4.69, 9.17) is 10.8 Å². The fourth-order valence-corrected chi connectivity index (χ4v) is 1.15. The molecule has 0 radical (unpaired) electrons. The first-order valence-electron chi connectivity index (χ1n) is 2.63. The number of aromatic nitrogens is 1. The van der Waals surface area contributed by atoms with Crippen LogP contribution in [0.4, 0.5) is 5.13 Å². The molecular weight excluding hydrogens is 172 g/mol. The number of thiazole rings is 1. The van der Waals surface area contributed by atoms with E-state index >= 15 is 0 Å². The smallest absolute Gasteiger partial charge is 0.180 e. The number of anilines is 1. The molecular formula is C5H9ClN2OS. The second-order valence-corrected chi connectivity index (χ2v) is 2.54. The Morgan fingerprint density at radius 1 is 1.70 bits per heavy atom. The maximum Gasteiger partial charge on any atom is 0.180 e. The first-order valence-corrected chi connectivity index (χ1v) is 3.51. The van der Waals surface area contributed by atoms with Gasteiger partial charge in [0.1, 0.15) is 0 Å². The van der Waals surface area contributed by atoms with Crippen LogP contribution in [0, 0.1) is 0 Å². The van der Waals surface area contributed by atoms with Crippen molar-refractivity contribution in [3.8, 4) is 0 Å². The van der Waals surface area contributed by atoms with Crippen LogP contribution < -0.4 is 5.73 Å². The summed E-state index contributed by atoms with van der Waals surface area (Å²) in [5.41, 5.74) is 6.21. The maximum atomic E-state index is 8.45. The minimum absolute atomic E-state index is 0. The van der Waals surface area contributed by atoms with Gasteiger partial charge < -0.3 is 10.8 Å². The van der Waals surface area contributed by atoms with E-state index in [1.54, 1.807) is 0 Å². The highest BCUT2D eigenvalue weighted by Crippen LogP contribution is 2.10. The number of halogens is 1. The fourth-order valence-electron chi connectivity index (χ4n) is 0.552. The monoisotopic (exact) mass is 180 g/mol. The van der Waals surface area contributed by atoms with E-state index in [9.17, 15) is 0 Å². The molecule has 1 aromatic heterocycles. The highest BCUT2D eigenvalue weighted by Gasteiger charge is 1.95. The van der Waals surface area contributed by atoms with Gasteiger partial charge in [0.05, 0.1) is 5.69 Å². The Morgan fingerprint density at radius 2 is 2.40 bits per heavy atom. The normalized spacial score (nSPS) is 8.90. The molecule has 10 heavy (non-hydrogen) atoms. The average Bonchev–Trinajstić information content (AvgIpc) is 2.17. The van der Waals surface area contributed by atoms with Gasteiger partial charge in [-0.05, 0) is 0 Å². The molecule has 0 atom stereocenters. The van der Waals surface area contributed by atoms with Crippen molar-refractivity contribution in [1.29, 1.82) is 0 Å². The van der Waals surface area contributed by atoms with Crippen LogP contribution in [0.2, 0.25) is 0 Å². The molecule has 5 heteroatoms. The molecule has 0 aliphatic carbocycles. The van der Waals surface area contributed by atoms with Crippen LogP contribution in [0.3, 0.4) is 0 Å². The second kappa shape index (κ2) is 4.49. The van der Waals surface area contributed by atoms with Crippen LogP contribution in [0.25, 0.3) is 0 Å². The Bertz CT molecular complexity index is 192. The molecule has 1 aromatic rings. The lowest BCUT2D eigenvalue weighted by molar-refractivity contribution is 0.298. The molecule has 0 saturated carbocycles. The summed E-state index contributed by atoms with van der Waals surface area (Å²) in [6.45, 7) is 0.142. The number of nitrogen functional groups attached to an aromatic ring is 1. The predicted octanol–water partition coefficient (Wildman–Crippen LogP) is 0.682. The van der Waals surface area contributed by atoms with Gasteiger partial charge in [0.25, 0.3) is 0 Å². The number of aliphatic hydroxyl groups is 1. The largest absolute Gasteiger partial charge is 0.396 e. The van der Waals surface area contributed by atoms with E-state index < -0.39 is 0 Å². The summed E-state index contributed by atoms with van der Waals surface area (Å²) in [5.74, 6) is 0. The quantitative estimate of drug-likeness (QED) is 0.704. The molecule has 0 amide bonds. The molecule has 1 rings (SSSR count). The van der Waals surface area contributed by atoms with E-state index in [-0.39, 0.29) is 19.0 Å². The van der Waals surface area contributed by atoms with Gasteiger partial charge in [0, 0.05) is 18.4 Å². The van der Waals surface area contributed by atoms with Gasteiger partial charge in [0.2, 0.25) is 0 Å². The Hall–Kier alpha value is -0.320. The zero-order valence-electron chi connectivity index (χ0n) is 5.28. The Balaban J connectivity index is 0.000000810. The summed E-state index contributed by atoms with van der Waals surface area (Å²) in [6, 6.07) is 0. The Kier molecular flexibility index (Phi) is 4.34. The molecule has 0 spiro atoms. The van der Waals surface area contributed by atoms with Gasteiger partial charge in [-0.15, -0.1) is 23.7 Å². The standard InChI is InChI=1S/C5H8N2OS.ClH/c6-5-7-4(1-2-8)3-9-5;/h3,8H,1-2H2,(H2,6,7);1H. The Morgan fingerprint density at radius 3 is 2.80 bits per heavy atom.